The predicted molar refractivity (Wildman–Crippen MR) is 115 cm³/mol. The zero-order valence-corrected chi connectivity index (χ0v) is 17.7. The second kappa shape index (κ2) is 9.63. The molecule has 28 heavy (non-hydrogen) atoms. The van der Waals surface area contributed by atoms with Crippen LogP contribution in [-0.4, -0.2) is 18.7 Å². The van der Waals surface area contributed by atoms with Crippen molar-refractivity contribution < 1.29 is 14.3 Å². The van der Waals surface area contributed by atoms with Gasteiger partial charge in [-0.2, -0.15) is 0 Å². The zero-order valence-electron chi connectivity index (χ0n) is 17.7. The minimum absolute atomic E-state index is 0.259. The quantitative estimate of drug-likeness (QED) is 0.431. The van der Waals surface area contributed by atoms with E-state index in [1.54, 1.807) is 7.11 Å². The Morgan fingerprint density at radius 3 is 2.32 bits per heavy atom. The molecule has 152 valence electrons. The summed E-state index contributed by atoms with van der Waals surface area (Å²) in [7, 11) is 1.64. The lowest BCUT2D eigenvalue weighted by atomic mass is 9.84. The summed E-state index contributed by atoms with van der Waals surface area (Å²) in [6.45, 7) is 7.86. The number of nitrogens with one attached hydrogen (secondary N) is 1. The third kappa shape index (κ3) is 5.75. The van der Waals surface area contributed by atoms with Crippen molar-refractivity contribution in [2.24, 2.45) is 0 Å². The van der Waals surface area contributed by atoms with Crippen LogP contribution in [0.1, 0.15) is 58.9 Å². The van der Waals surface area contributed by atoms with Gasteiger partial charge in [-0.05, 0) is 44.9 Å². The number of hydrogen-bond acceptors (Lipinski definition) is 4. The highest BCUT2D eigenvalue weighted by molar-refractivity contribution is 5.86. The molecule has 0 fully saturated rings. The fourth-order valence-corrected chi connectivity index (χ4v) is 3.23. The van der Waals surface area contributed by atoms with Gasteiger partial charge in [0, 0.05) is 11.8 Å². The minimum Gasteiger partial charge on any atom is -0.497 e. The number of unbranched alkanes of at least 4 members (excludes halogenated alkanes) is 2. The van der Waals surface area contributed by atoms with Gasteiger partial charge in [-0.3, -0.25) is 0 Å². The van der Waals surface area contributed by atoms with Gasteiger partial charge in [0.1, 0.15) is 11.4 Å². The Balaban J connectivity index is 2.52. The van der Waals surface area contributed by atoms with Gasteiger partial charge in [-0.15, -0.1) is 0 Å². The van der Waals surface area contributed by atoms with Crippen molar-refractivity contribution in [1.82, 2.24) is 0 Å². The highest BCUT2D eigenvalue weighted by atomic mass is 16.6. The van der Waals surface area contributed by atoms with Crippen molar-refractivity contribution in [3.05, 3.63) is 60.2 Å². The maximum Gasteiger partial charge on any atom is 0.337 e. The topological polar surface area (TPSA) is 47.6 Å². The summed E-state index contributed by atoms with van der Waals surface area (Å²) < 4.78 is 11.2. The van der Waals surface area contributed by atoms with Gasteiger partial charge in [-0.25, -0.2) is 4.79 Å². The number of benzene rings is 2. The van der Waals surface area contributed by atoms with E-state index in [2.05, 4.69) is 12.2 Å². The molecule has 0 aromatic heterocycles. The molecule has 1 N–H and O–H groups in total. The van der Waals surface area contributed by atoms with Crippen molar-refractivity contribution in [3.8, 4) is 5.75 Å². The van der Waals surface area contributed by atoms with Crippen LogP contribution in [0.3, 0.4) is 0 Å². The average molecular weight is 384 g/mol. The van der Waals surface area contributed by atoms with E-state index in [1.807, 2.05) is 75.4 Å². The number of anilines is 1. The number of rotatable bonds is 9. The molecule has 0 heterocycles. The number of carbonyl (C=O) groups excluding carboxylic acids is 1. The lowest BCUT2D eigenvalue weighted by molar-refractivity contribution is -0.161. The van der Waals surface area contributed by atoms with Gasteiger partial charge >= 0.3 is 5.97 Å². The Hall–Kier alpha value is -2.49. The largest absolute Gasteiger partial charge is 0.497 e. The second-order valence-corrected chi connectivity index (χ2v) is 8.09. The molecule has 0 radical (unpaired) electrons. The van der Waals surface area contributed by atoms with E-state index < -0.39 is 11.1 Å². The molecule has 2 aromatic rings. The van der Waals surface area contributed by atoms with E-state index in [9.17, 15) is 4.79 Å². The van der Waals surface area contributed by atoms with Crippen LogP contribution in [0.2, 0.25) is 0 Å². The highest BCUT2D eigenvalue weighted by Crippen LogP contribution is 2.35. The molecule has 1 atom stereocenters. The van der Waals surface area contributed by atoms with E-state index >= 15 is 0 Å². The molecule has 0 bridgehead atoms. The molecule has 0 amide bonds. The van der Waals surface area contributed by atoms with Gasteiger partial charge in [-0.1, -0.05) is 62.6 Å². The summed E-state index contributed by atoms with van der Waals surface area (Å²) in [5.41, 5.74) is 0.197. The molecule has 2 rings (SSSR count). The molecule has 1 unspecified atom stereocenters. The summed E-state index contributed by atoms with van der Waals surface area (Å²) in [6, 6.07) is 17.5. The molecule has 0 aliphatic carbocycles. The number of methoxy groups -OCH3 is 1. The van der Waals surface area contributed by atoms with E-state index in [4.69, 9.17) is 9.47 Å². The molecule has 0 saturated heterocycles. The number of ether oxygens (including phenoxy) is 2. The van der Waals surface area contributed by atoms with Crippen molar-refractivity contribution in [3.63, 3.8) is 0 Å². The highest BCUT2D eigenvalue weighted by Gasteiger charge is 2.43. The van der Waals surface area contributed by atoms with Gasteiger partial charge in [0.2, 0.25) is 0 Å². The number of esters is 1. The predicted octanol–water partition coefficient (Wildman–Crippen LogP) is 5.92. The summed E-state index contributed by atoms with van der Waals surface area (Å²) in [5, 5.41) is 3.51. The van der Waals surface area contributed by atoms with Crippen LogP contribution in [0.4, 0.5) is 5.69 Å². The first-order valence-corrected chi connectivity index (χ1v) is 10.0. The van der Waals surface area contributed by atoms with Crippen molar-refractivity contribution in [2.45, 2.75) is 64.5 Å². The number of carbonyl (C=O) groups is 1. The Bertz CT molecular complexity index is 752. The van der Waals surface area contributed by atoms with E-state index in [-0.39, 0.29) is 5.97 Å². The molecule has 0 saturated carbocycles. The Kier molecular flexibility index (Phi) is 7.50. The second-order valence-electron chi connectivity index (χ2n) is 8.09. The SMILES string of the molecule is CCCCCC(Nc1cccc(OC)c1)(C(=O)OC(C)(C)C)c1ccccc1. The van der Waals surface area contributed by atoms with Crippen LogP contribution in [0.5, 0.6) is 5.75 Å². The summed E-state index contributed by atoms with van der Waals surface area (Å²) in [5.74, 6) is 0.481. The monoisotopic (exact) mass is 383 g/mol. The average Bonchev–Trinajstić information content (AvgIpc) is 2.67. The molecule has 2 aromatic carbocycles. The van der Waals surface area contributed by atoms with Gasteiger partial charge in [0.15, 0.2) is 5.54 Å². The Labute approximate surface area is 169 Å². The van der Waals surface area contributed by atoms with Crippen LogP contribution in [0.15, 0.2) is 54.6 Å². The van der Waals surface area contributed by atoms with Crippen molar-refractivity contribution in [2.75, 3.05) is 12.4 Å². The van der Waals surface area contributed by atoms with Gasteiger partial charge < -0.3 is 14.8 Å². The fraction of sp³-hybridized carbons (Fsp3) is 0.458. The van der Waals surface area contributed by atoms with E-state index in [0.717, 1.165) is 36.3 Å². The summed E-state index contributed by atoms with van der Waals surface area (Å²) in [4.78, 5) is 13.5. The maximum absolute atomic E-state index is 13.5. The van der Waals surface area contributed by atoms with Gasteiger partial charge in [0.05, 0.1) is 7.11 Å². The maximum atomic E-state index is 13.5. The molecule has 4 heteroatoms. The fourth-order valence-electron chi connectivity index (χ4n) is 3.23. The Morgan fingerprint density at radius 2 is 1.71 bits per heavy atom. The third-order valence-electron chi connectivity index (χ3n) is 4.60. The van der Waals surface area contributed by atoms with Crippen LogP contribution in [0.25, 0.3) is 0 Å². The lowest BCUT2D eigenvalue weighted by Crippen LogP contribution is -2.47. The van der Waals surface area contributed by atoms with Gasteiger partial charge in [0.25, 0.3) is 0 Å². The number of hydrogen-bond donors (Lipinski definition) is 1. The first kappa shape index (κ1) is 21.8. The van der Waals surface area contributed by atoms with E-state index in [1.165, 1.54) is 0 Å². The first-order valence-electron chi connectivity index (χ1n) is 10.0. The Morgan fingerprint density at radius 1 is 1.00 bits per heavy atom. The normalized spacial score (nSPS) is 13.5. The lowest BCUT2D eigenvalue weighted by Gasteiger charge is -2.36. The van der Waals surface area contributed by atoms with E-state index in [0.29, 0.717) is 6.42 Å². The molecular weight excluding hydrogens is 350 g/mol. The molecule has 0 spiro atoms. The first-order chi connectivity index (χ1) is 13.3. The van der Waals surface area contributed by atoms with Crippen LogP contribution < -0.4 is 10.1 Å². The zero-order chi connectivity index (χ0) is 20.6. The third-order valence-corrected chi connectivity index (χ3v) is 4.60. The molecule has 0 aliphatic heterocycles. The smallest absolute Gasteiger partial charge is 0.337 e. The minimum atomic E-state index is -0.962. The van der Waals surface area contributed by atoms with Crippen molar-refractivity contribution in [1.29, 1.82) is 0 Å². The van der Waals surface area contributed by atoms with Crippen LogP contribution in [-0.2, 0) is 15.1 Å². The van der Waals surface area contributed by atoms with Crippen molar-refractivity contribution >= 4 is 11.7 Å². The standard InChI is InChI=1S/C24H33NO3/c1-6-7-11-17-24(19-13-9-8-10-14-19,22(26)28-23(2,3)4)25-20-15-12-16-21(18-20)27-5/h8-10,12-16,18,25H,6-7,11,17H2,1-5H3. The molecule has 0 aliphatic rings. The summed E-state index contributed by atoms with van der Waals surface area (Å²) in [6.07, 6.45) is 3.70. The molecule has 4 nitrogen and oxygen atoms in total. The van der Waals surface area contributed by atoms with Crippen LogP contribution >= 0.6 is 0 Å². The molecular formula is C24H33NO3. The summed E-state index contributed by atoms with van der Waals surface area (Å²) >= 11 is 0. The van der Waals surface area contributed by atoms with Crippen LogP contribution in [0, 0.1) is 0 Å².